The molecule has 5 nitrogen and oxygen atoms in total. The number of aromatic nitrogens is 3. The lowest BCUT2D eigenvalue weighted by Crippen LogP contribution is -1.99. The van der Waals surface area contributed by atoms with Gasteiger partial charge in [-0.25, -0.2) is 0 Å². The molecule has 0 aliphatic heterocycles. The Morgan fingerprint density at radius 1 is 0.266 bits per heavy atom. The molecular weight excluding hydrogens is 783 g/mol. The van der Waals surface area contributed by atoms with Gasteiger partial charge in [0.05, 0.1) is 17.1 Å². The van der Waals surface area contributed by atoms with E-state index in [-0.39, 0.29) is 0 Å². The number of hydrogen-bond acceptors (Lipinski definition) is 5. The molecular formula is C59H43N3O2. The Morgan fingerprint density at radius 3 is 1.22 bits per heavy atom. The van der Waals surface area contributed by atoms with Crippen molar-refractivity contribution in [1.29, 1.82) is 0 Å². The Balaban J connectivity index is 1.01. The fourth-order valence-corrected chi connectivity index (χ4v) is 7.99. The smallest absolute Gasteiger partial charge is 0.124 e. The summed E-state index contributed by atoms with van der Waals surface area (Å²) in [4.78, 5) is 13.7. The number of ether oxygens (including phenoxy) is 2. The van der Waals surface area contributed by atoms with Crippen molar-refractivity contribution in [3.8, 4) is 89.8 Å². The third kappa shape index (κ3) is 9.10. The van der Waals surface area contributed by atoms with Crippen molar-refractivity contribution >= 4 is 0 Å². The second kappa shape index (κ2) is 18.7. The first-order valence-corrected chi connectivity index (χ1v) is 21.4. The molecule has 0 aliphatic carbocycles. The zero-order valence-electron chi connectivity index (χ0n) is 35.1. The number of nitrogens with zero attached hydrogens (tertiary/aromatic N) is 3. The summed E-state index contributed by atoms with van der Waals surface area (Å²) in [5.74, 6) is 1.42. The van der Waals surface area contributed by atoms with Crippen LogP contribution in [0.3, 0.4) is 0 Å². The van der Waals surface area contributed by atoms with Crippen molar-refractivity contribution in [2.24, 2.45) is 0 Å². The topological polar surface area (TPSA) is 57.1 Å². The molecule has 3 heterocycles. The van der Waals surface area contributed by atoms with E-state index in [2.05, 4.69) is 168 Å². The molecule has 0 atom stereocenters. The molecule has 0 saturated carbocycles. The van der Waals surface area contributed by atoms with Crippen LogP contribution in [0.5, 0.6) is 11.5 Å². The maximum absolute atomic E-state index is 6.60. The van der Waals surface area contributed by atoms with Crippen molar-refractivity contribution in [3.05, 3.63) is 248 Å². The summed E-state index contributed by atoms with van der Waals surface area (Å²) in [7, 11) is 0. The predicted octanol–water partition coefficient (Wildman–Crippen LogP) is 14.7. The highest BCUT2D eigenvalue weighted by molar-refractivity contribution is 5.94. The largest absolute Gasteiger partial charge is 0.489 e. The van der Waals surface area contributed by atoms with Gasteiger partial charge in [-0.1, -0.05) is 158 Å². The second-order valence-electron chi connectivity index (χ2n) is 15.6. The second-order valence-corrected chi connectivity index (χ2v) is 15.6. The van der Waals surface area contributed by atoms with Gasteiger partial charge in [-0.15, -0.1) is 0 Å². The van der Waals surface area contributed by atoms with Crippen LogP contribution in [0.25, 0.3) is 78.3 Å². The standard InChI is InChI=1S/C59H43N3O2/c1-2-12-44(13-3-1)45-27-29-46(30-28-45)56-38-49(59-18-8-11-35-62-59)31-32-55(56)54-15-5-4-14-53(54)50-36-51(63-40-42-19-23-47(24-20-42)57-16-6-9-33-60-57)39-52(37-50)64-41-43-21-25-48(26-22-43)58-17-7-10-34-61-58/h1-39H,40-41H2. The summed E-state index contributed by atoms with van der Waals surface area (Å²) in [6, 6.07) is 75.5. The van der Waals surface area contributed by atoms with E-state index in [4.69, 9.17) is 14.5 Å². The van der Waals surface area contributed by atoms with Crippen molar-refractivity contribution in [3.63, 3.8) is 0 Å². The molecule has 0 saturated heterocycles. The maximum atomic E-state index is 6.60. The van der Waals surface area contributed by atoms with Crippen LogP contribution in [0, 0.1) is 0 Å². The molecule has 5 heteroatoms. The maximum Gasteiger partial charge on any atom is 0.124 e. The van der Waals surface area contributed by atoms with Crippen molar-refractivity contribution in [2.75, 3.05) is 0 Å². The van der Waals surface area contributed by atoms with Gasteiger partial charge in [0.2, 0.25) is 0 Å². The van der Waals surface area contributed by atoms with Crippen molar-refractivity contribution < 1.29 is 9.47 Å². The number of pyridine rings is 3. The molecule has 0 radical (unpaired) electrons. The summed E-state index contributed by atoms with van der Waals surface area (Å²) >= 11 is 0. The summed E-state index contributed by atoms with van der Waals surface area (Å²) in [5, 5.41) is 0. The van der Waals surface area contributed by atoms with E-state index < -0.39 is 0 Å². The van der Waals surface area contributed by atoms with Gasteiger partial charge >= 0.3 is 0 Å². The zero-order chi connectivity index (χ0) is 42.9. The molecule has 0 fully saturated rings. The van der Waals surface area contributed by atoms with E-state index in [1.807, 2.05) is 79.3 Å². The minimum atomic E-state index is 0.389. The molecule has 64 heavy (non-hydrogen) atoms. The Kier molecular flexibility index (Phi) is 11.6. The van der Waals surface area contributed by atoms with E-state index in [0.717, 1.165) is 78.3 Å². The highest BCUT2D eigenvalue weighted by Gasteiger charge is 2.17. The van der Waals surface area contributed by atoms with E-state index in [1.165, 1.54) is 11.1 Å². The van der Waals surface area contributed by atoms with Crippen LogP contribution in [0.4, 0.5) is 0 Å². The first-order valence-electron chi connectivity index (χ1n) is 21.4. The van der Waals surface area contributed by atoms with Crippen LogP contribution in [0.15, 0.2) is 237 Å². The minimum absolute atomic E-state index is 0.389. The monoisotopic (exact) mass is 825 g/mol. The number of hydrogen-bond donors (Lipinski definition) is 0. The van der Waals surface area contributed by atoms with Gasteiger partial charge in [0.15, 0.2) is 0 Å². The summed E-state index contributed by atoms with van der Waals surface area (Å²) in [6.45, 7) is 0.778. The highest BCUT2D eigenvalue weighted by atomic mass is 16.5. The van der Waals surface area contributed by atoms with Crippen LogP contribution < -0.4 is 9.47 Å². The molecule has 0 unspecified atom stereocenters. The average Bonchev–Trinajstić information content (AvgIpc) is 3.38. The highest BCUT2D eigenvalue weighted by Crippen LogP contribution is 2.42. The van der Waals surface area contributed by atoms with Crippen LogP contribution >= 0.6 is 0 Å². The third-order valence-electron chi connectivity index (χ3n) is 11.3. The SMILES string of the molecule is c1ccc(-c2ccc(-c3cc(-c4ccccn4)ccc3-c3ccccc3-c3cc(OCc4ccc(-c5ccccn5)cc4)cc(OCc4ccc(-c5ccccn5)cc4)c3)cc2)cc1. The van der Waals surface area contributed by atoms with Crippen LogP contribution in [0.2, 0.25) is 0 Å². The lowest BCUT2D eigenvalue weighted by atomic mass is 9.87. The van der Waals surface area contributed by atoms with Gasteiger partial charge in [-0.05, 0) is 110 Å². The Labute approximate surface area is 374 Å². The molecule has 306 valence electrons. The van der Waals surface area contributed by atoms with Crippen molar-refractivity contribution in [2.45, 2.75) is 13.2 Å². The fraction of sp³-hybridized carbons (Fsp3) is 0.0339. The van der Waals surface area contributed by atoms with Gasteiger partial charge in [0, 0.05) is 41.3 Å². The number of rotatable bonds is 13. The molecule has 10 rings (SSSR count). The summed E-state index contributed by atoms with van der Waals surface area (Å²) in [6.07, 6.45) is 5.47. The van der Waals surface area contributed by atoms with Gasteiger partial charge in [0.25, 0.3) is 0 Å². The van der Waals surface area contributed by atoms with E-state index in [1.54, 1.807) is 0 Å². The molecule has 3 aromatic heterocycles. The lowest BCUT2D eigenvalue weighted by Gasteiger charge is -2.18. The molecule has 0 N–H and O–H groups in total. The average molecular weight is 826 g/mol. The van der Waals surface area contributed by atoms with Gasteiger partial charge < -0.3 is 9.47 Å². The lowest BCUT2D eigenvalue weighted by molar-refractivity contribution is 0.290. The number of benzene rings is 7. The van der Waals surface area contributed by atoms with Gasteiger partial charge in [-0.3, -0.25) is 15.0 Å². The predicted molar refractivity (Wildman–Crippen MR) is 259 cm³/mol. The first kappa shape index (κ1) is 39.7. The van der Waals surface area contributed by atoms with Crippen LogP contribution in [0.1, 0.15) is 11.1 Å². The summed E-state index contributed by atoms with van der Waals surface area (Å²) < 4.78 is 13.2. The normalized spacial score (nSPS) is 10.9. The molecule has 0 amide bonds. The summed E-state index contributed by atoms with van der Waals surface area (Å²) in [5.41, 5.74) is 16.9. The Hall–Kier alpha value is -8.41. The molecule has 0 aliphatic rings. The molecule has 0 spiro atoms. The Morgan fingerprint density at radius 2 is 0.688 bits per heavy atom. The fourth-order valence-electron chi connectivity index (χ4n) is 7.99. The Bertz CT molecular complexity index is 3000. The van der Waals surface area contributed by atoms with Gasteiger partial charge in [-0.2, -0.15) is 0 Å². The quantitative estimate of drug-likeness (QED) is 0.116. The zero-order valence-corrected chi connectivity index (χ0v) is 35.1. The van der Waals surface area contributed by atoms with Crippen LogP contribution in [-0.2, 0) is 13.2 Å². The first-order chi connectivity index (χ1) is 31.7. The molecule has 7 aromatic carbocycles. The van der Waals surface area contributed by atoms with Gasteiger partial charge in [0.1, 0.15) is 24.7 Å². The van der Waals surface area contributed by atoms with Crippen molar-refractivity contribution in [1.82, 2.24) is 15.0 Å². The third-order valence-corrected chi connectivity index (χ3v) is 11.3. The van der Waals surface area contributed by atoms with E-state index >= 15 is 0 Å². The minimum Gasteiger partial charge on any atom is -0.489 e. The van der Waals surface area contributed by atoms with E-state index in [0.29, 0.717) is 24.7 Å². The van der Waals surface area contributed by atoms with E-state index in [9.17, 15) is 0 Å². The molecule has 0 bridgehead atoms. The van der Waals surface area contributed by atoms with Crippen LogP contribution in [-0.4, -0.2) is 15.0 Å². The molecule has 10 aromatic rings.